The lowest BCUT2D eigenvalue weighted by Crippen LogP contribution is -2.53. The van der Waals surface area contributed by atoms with Gasteiger partial charge in [0.15, 0.2) is 0 Å². The Morgan fingerprint density at radius 2 is 2.20 bits per heavy atom. The lowest BCUT2D eigenvalue weighted by Gasteiger charge is -2.36. The number of cyclic esters (lactones) is 1. The van der Waals surface area contributed by atoms with E-state index >= 15 is 0 Å². The molecule has 0 radical (unpaired) electrons. The molecule has 0 saturated carbocycles. The van der Waals surface area contributed by atoms with Crippen molar-refractivity contribution in [1.29, 1.82) is 0 Å². The van der Waals surface area contributed by atoms with Crippen LogP contribution < -0.4 is 0 Å². The SMILES string of the molecule is CCCN1CC(CN2CC(O)C2)OC1=O. The van der Waals surface area contributed by atoms with Crippen LogP contribution in [0.3, 0.4) is 0 Å². The predicted molar refractivity (Wildman–Crippen MR) is 54.6 cm³/mol. The Morgan fingerprint density at radius 1 is 1.47 bits per heavy atom. The number of ether oxygens (including phenoxy) is 1. The van der Waals surface area contributed by atoms with Gasteiger partial charge >= 0.3 is 6.09 Å². The molecule has 0 bridgehead atoms. The summed E-state index contributed by atoms with van der Waals surface area (Å²) in [7, 11) is 0. The van der Waals surface area contributed by atoms with Crippen molar-refractivity contribution in [3.05, 3.63) is 0 Å². The summed E-state index contributed by atoms with van der Waals surface area (Å²) in [5.41, 5.74) is 0. The molecule has 2 heterocycles. The highest BCUT2D eigenvalue weighted by molar-refractivity contribution is 5.69. The van der Waals surface area contributed by atoms with Crippen molar-refractivity contribution in [2.45, 2.75) is 25.6 Å². The van der Waals surface area contributed by atoms with Crippen molar-refractivity contribution >= 4 is 6.09 Å². The number of likely N-dealkylation sites (tertiary alicyclic amines) is 1. The van der Waals surface area contributed by atoms with Gasteiger partial charge < -0.3 is 14.7 Å². The van der Waals surface area contributed by atoms with Crippen LogP contribution in [0.4, 0.5) is 4.79 Å². The van der Waals surface area contributed by atoms with Gasteiger partial charge in [-0.3, -0.25) is 4.90 Å². The number of carbonyl (C=O) groups excluding carboxylic acids is 1. The quantitative estimate of drug-likeness (QED) is 0.709. The Morgan fingerprint density at radius 3 is 2.80 bits per heavy atom. The van der Waals surface area contributed by atoms with Crippen LogP contribution in [0.15, 0.2) is 0 Å². The second-order valence-electron chi connectivity index (χ2n) is 4.32. The van der Waals surface area contributed by atoms with E-state index in [4.69, 9.17) is 9.84 Å². The Bertz CT molecular complexity index is 241. The minimum absolute atomic E-state index is 0.0171. The number of rotatable bonds is 4. The maximum Gasteiger partial charge on any atom is 0.410 e. The van der Waals surface area contributed by atoms with Crippen LogP contribution in [0, 0.1) is 0 Å². The number of carbonyl (C=O) groups is 1. The van der Waals surface area contributed by atoms with Gasteiger partial charge in [-0.05, 0) is 6.42 Å². The number of nitrogens with zero attached hydrogens (tertiary/aromatic N) is 2. The molecule has 2 aliphatic heterocycles. The van der Waals surface area contributed by atoms with Crippen LogP contribution in [-0.2, 0) is 4.74 Å². The molecule has 2 rings (SSSR count). The number of hydrogen-bond donors (Lipinski definition) is 1. The largest absolute Gasteiger partial charge is 0.443 e. The number of aliphatic hydroxyl groups excluding tert-OH is 1. The van der Waals surface area contributed by atoms with E-state index in [-0.39, 0.29) is 18.3 Å². The van der Waals surface area contributed by atoms with Crippen LogP contribution in [0.5, 0.6) is 0 Å². The van der Waals surface area contributed by atoms with E-state index in [0.29, 0.717) is 19.6 Å². The fourth-order valence-electron chi connectivity index (χ4n) is 2.10. The number of aliphatic hydroxyl groups is 1. The summed E-state index contributed by atoms with van der Waals surface area (Å²) in [6, 6.07) is 0. The van der Waals surface area contributed by atoms with Crippen molar-refractivity contribution in [2.24, 2.45) is 0 Å². The van der Waals surface area contributed by atoms with Crippen LogP contribution in [0.25, 0.3) is 0 Å². The third-order valence-corrected chi connectivity index (χ3v) is 2.84. The zero-order chi connectivity index (χ0) is 10.8. The molecule has 0 aromatic carbocycles. The second-order valence-corrected chi connectivity index (χ2v) is 4.32. The molecule has 1 N–H and O–H groups in total. The molecule has 1 atom stereocenters. The van der Waals surface area contributed by atoms with Crippen molar-refractivity contribution in [2.75, 3.05) is 32.7 Å². The Balaban J connectivity index is 1.74. The van der Waals surface area contributed by atoms with Gasteiger partial charge in [0, 0.05) is 26.2 Å². The fourth-order valence-corrected chi connectivity index (χ4v) is 2.10. The molecule has 1 amide bonds. The summed E-state index contributed by atoms with van der Waals surface area (Å²) in [5, 5.41) is 9.12. The van der Waals surface area contributed by atoms with Crippen LogP contribution in [0.2, 0.25) is 0 Å². The molecule has 2 fully saturated rings. The molecule has 2 aliphatic rings. The van der Waals surface area contributed by atoms with Gasteiger partial charge in [0.05, 0.1) is 12.6 Å². The molecule has 0 aromatic rings. The molecule has 86 valence electrons. The van der Waals surface area contributed by atoms with E-state index in [9.17, 15) is 4.79 Å². The van der Waals surface area contributed by atoms with Gasteiger partial charge in [-0.15, -0.1) is 0 Å². The molecule has 0 spiro atoms. The second kappa shape index (κ2) is 4.37. The van der Waals surface area contributed by atoms with E-state index in [1.54, 1.807) is 4.90 Å². The van der Waals surface area contributed by atoms with Gasteiger partial charge in [0.1, 0.15) is 6.10 Å². The highest BCUT2D eigenvalue weighted by Gasteiger charge is 2.34. The van der Waals surface area contributed by atoms with Crippen LogP contribution in [0.1, 0.15) is 13.3 Å². The summed E-state index contributed by atoms with van der Waals surface area (Å²) >= 11 is 0. The first-order chi connectivity index (χ1) is 7.19. The topological polar surface area (TPSA) is 53.0 Å². The standard InChI is InChI=1S/C10H18N2O3/c1-2-3-12-7-9(15-10(12)14)6-11-4-8(13)5-11/h8-9,13H,2-7H2,1H3. The monoisotopic (exact) mass is 214 g/mol. The molecule has 1 unspecified atom stereocenters. The maximum absolute atomic E-state index is 11.4. The zero-order valence-corrected chi connectivity index (χ0v) is 9.06. The number of hydrogen-bond acceptors (Lipinski definition) is 4. The first-order valence-corrected chi connectivity index (χ1v) is 5.55. The molecular weight excluding hydrogens is 196 g/mol. The van der Waals surface area contributed by atoms with Crippen molar-refractivity contribution < 1.29 is 14.6 Å². The third kappa shape index (κ3) is 2.41. The van der Waals surface area contributed by atoms with E-state index in [2.05, 4.69) is 4.90 Å². The lowest BCUT2D eigenvalue weighted by atomic mass is 10.1. The Labute approximate surface area is 89.6 Å². The lowest BCUT2D eigenvalue weighted by molar-refractivity contribution is -0.0172. The molecule has 5 nitrogen and oxygen atoms in total. The maximum atomic E-state index is 11.4. The summed E-state index contributed by atoms with van der Waals surface area (Å²) in [6.07, 6.45) is 0.567. The Kier molecular flexibility index (Phi) is 3.11. The van der Waals surface area contributed by atoms with Crippen LogP contribution in [-0.4, -0.2) is 65.9 Å². The molecule has 2 saturated heterocycles. The third-order valence-electron chi connectivity index (χ3n) is 2.84. The van der Waals surface area contributed by atoms with Crippen LogP contribution >= 0.6 is 0 Å². The van der Waals surface area contributed by atoms with Crippen molar-refractivity contribution in [3.63, 3.8) is 0 Å². The minimum Gasteiger partial charge on any atom is -0.443 e. The summed E-state index contributed by atoms with van der Waals surface area (Å²) in [4.78, 5) is 15.2. The molecule has 0 aliphatic carbocycles. The highest BCUT2D eigenvalue weighted by atomic mass is 16.6. The smallest absolute Gasteiger partial charge is 0.410 e. The van der Waals surface area contributed by atoms with Gasteiger partial charge in [0.2, 0.25) is 0 Å². The average molecular weight is 214 g/mol. The summed E-state index contributed by atoms with van der Waals surface area (Å²) < 4.78 is 5.23. The Hall–Kier alpha value is -0.810. The molecular formula is C10H18N2O3. The van der Waals surface area contributed by atoms with Crippen molar-refractivity contribution in [1.82, 2.24) is 9.80 Å². The molecule has 15 heavy (non-hydrogen) atoms. The van der Waals surface area contributed by atoms with E-state index < -0.39 is 0 Å². The normalized spacial score (nSPS) is 28.0. The fraction of sp³-hybridized carbons (Fsp3) is 0.900. The average Bonchev–Trinajstić information content (AvgIpc) is 2.45. The highest BCUT2D eigenvalue weighted by Crippen LogP contribution is 2.15. The van der Waals surface area contributed by atoms with Crippen molar-refractivity contribution in [3.8, 4) is 0 Å². The minimum atomic E-state index is -0.192. The summed E-state index contributed by atoms with van der Waals surface area (Å²) in [6.45, 7) is 5.69. The zero-order valence-electron chi connectivity index (χ0n) is 9.06. The van der Waals surface area contributed by atoms with E-state index in [1.807, 2.05) is 6.92 Å². The van der Waals surface area contributed by atoms with E-state index in [0.717, 1.165) is 19.5 Å². The number of β-amino-alcohol motifs (C(OH)–C–C–N with tert-alkyl or cyclic N) is 1. The first kappa shape index (κ1) is 10.7. The molecule has 0 aromatic heterocycles. The molecule has 5 heteroatoms. The van der Waals surface area contributed by atoms with Gasteiger partial charge in [-0.2, -0.15) is 0 Å². The van der Waals surface area contributed by atoms with E-state index in [1.165, 1.54) is 0 Å². The first-order valence-electron chi connectivity index (χ1n) is 5.55. The van der Waals surface area contributed by atoms with Gasteiger partial charge in [0.25, 0.3) is 0 Å². The van der Waals surface area contributed by atoms with Gasteiger partial charge in [-0.25, -0.2) is 4.79 Å². The van der Waals surface area contributed by atoms with Gasteiger partial charge in [-0.1, -0.05) is 6.92 Å². The predicted octanol–water partition coefficient (Wildman–Crippen LogP) is -0.106. The number of amides is 1. The summed E-state index contributed by atoms with van der Waals surface area (Å²) in [5.74, 6) is 0.